The van der Waals surface area contributed by atoms with Crippen molar-refractivity contribution in [3.8, 4) is 0 Å². The van der Waals surface area contributed by atoms with Gasteiger partial charge in [-0.05, 0) is 36.8 Å². The van der Waals surface area contributed by atoms with Crippen LogP contribution in [0.4, 0.5) is 0 Å². The average Bonchev–Trinajstić information content (AvgIpc) is 2.60. The third-order valence-electron chi connectivity index (χ3n) is 4.17. The Bertz CT molecular complexity index is 925. The molecule has 0 spiro atoms. The zero-order valence-corrected chi connectivity index (χ0v) is 16.2. The monoisotopic (exact) mass is 392 g/mol. The normalized spacial score (nSPS) is 11.7. The number of carbonyl (C=O) groups is 2. The van der Waals surface area contributed by atoms with Crippen LogP contribution in [0.2, 0.25) is 0 Å². The van der Waals surface area contributed by atoms with Crippen LogP contribution >= 0.6 is 0 Å². The Balaban J connectivity index is 1.99. The first-order valence-electron chi connectivity index (χ1n) is 8.70. The van der Waals surface area contributed by atoms with Crippen LogP contribution in [0, 0.1) is 0 Å². The van der Waals surface area contributed by atoms with Gasteiger partial charge in [0.1, 0.15) is 0 Å². The van der Waals surface area contributed by atoms with E-state index in [0.717, 1.165) is 10.8 Å². The van der Waals surface area contributed by atoms with Crippen molar-refractivity contribution < 1.29 is 23.1 Å². The predicted octanol–water partition coefficient (Wildman–Crippen LogP) is 2.22. The van der Waals surface area contributed by atoms with Gasteiger partial charge in [0.2, 0.25) is 15.9 Å². The van der Waals surface area contributed by atoms with Crippen LogP contribution in [-0.2, 0) is 19.6 Å². The lowest BCUT2D eigenvalue weighted by molar-refractivity contribution is -0.139. The molecule has 0 fully saturated rings. The molecule has 2 aromatic carbocycles. The van der Waals surface area contributed by atoms with E-state index in [1.807, 2.05) is 24.3 Å². The minimum absolute atomic E-state index is 0.0371. The van der Waals surface area contributed by atoms with Crippen molar-refractivity contribution in [1.29, 1.82) is 0 Å². The van der Waals surface area contributed by atoms with Gasteiger partial charge >= 0.3 is 5.97 Å². The number of carboxylic acid groups (broad SMARTS) is 1. The van der Waals surface area contributed by atoms with Gasteiger partial charge in [0.05, 0.1) is 11.3 Å². The fourth-order valence-corrected chi connectivity index (χ4v) is 3.81. The quantitative estimate of drug-likeness (QED) is 0.681. The van der Waals surface area contributed by atoms with Crippen molar-refractivity contribution in [2.75, 3.05) is 13.1 Å². The van der Waals surface area contributed by atoms with Crippen LogP contribution in [0.5, 0.6) is 0 Å². The van der Waals surface area contributed by atoms with E-state index in [-0.39, 0.29) is 42.8 Å². The van der Waals surface area contributed by atoms with Crippen LogP contribution in [0.25, 0.3) is 10.8 Å². The van der Waals surface area contributed by atoms with Crippen molar-refractivity contribution in [3.63, 3.8) is 0 Å². The number of hydrogen-bond donors (Lipinski definition) is 2. The predicted molar refractivity (Wildman–Crippen MR) is 103 cm³/mol. The van der Waals surface area contributed by atoms with Gasteiger partial charge in [-0.2, -0.15) is 0 Å². The van der Waals surface area contributed by atoms with Crippen molar-refractivity contribution in [3.05, 3.63) is 42.5 Å². The molecule has 1 amide bonds. The highest BCUT2D eigenvalue weighted by molar-refractivity contribution is 7.89. The van der Waals surface area contributed by atoms with Crippen molar-refractivity contribution in [2.45, 2.75) is 37.6 Å². The number of nitrogens with zero attached hydrogens (tertiary/aromatic N) is 1. The molecule has 0 aliphatic heterocycles. The SMILES string of the molecule is CC(C)N(CCC(=O)O)C(=O)CCNS(=O)(=O)c1ccc2ccccc2c1. The molecule has 0 atom stereocenters. The molecule has 7 nitrogen and oxygen atoms in total. The molecule has 0 bridgehead atoms. The Hall–Kier alpha value is -2.45. The largest absolute Gasteiger partial charge is 0.481 e. The molecule has 0 aliphatic rings. The highest BCUT2D eigenvalue weighted by Crippen LogP contribution is 2.18. The molecule has 0 unspecified atom stereocenters. The van der Waals surface area contributed by atoms with E-state index in [1.165, 1.54) is 11.0 Å². The molecule has 146 valence electrons. The Morgan fingerprint density at radius 2 is 1.74 bits per heavy atom. The first-order chi connectivity index (χ1) is 12.7. The van der Waals surface area contributed by atoms with Crippen LogP contribution in [0.3, 0.4) is 0 Å². The Labute approximate surface area is 159 Å². The molecule has 2 aromatic rings. The molecule has 0 aliphatic carbocycles. The third kappa shape index (κ3) is 5.77. The molecule has 0 radical (unpaired) electrons. The summed E-state index contributed by atoms with van der Waals surface area (Å²) in [6, 6.07) is 12.1. The highest BCUT2D eigenvalue weighted by Gasteiger charge is 2.19. The summed E-state index contributed by atoms with van der Waals surface area (Å²) in [5, 5.41) is 10.5. The molecule has 8 heteroatoms. The number of nitrogens with one attached hydrogen (secondary N) is 1. The lowest BCUT2D eigenvalue weighted by Crippen LogP contribution is -2.40. The van der Waals surface area contributed by atoms with E-state index >= 15 is 0 Å². The summed E-state index contributed by atoms with van der Waals surface area (Å²) >= 11 is 0. The number of sulfonamides is 1. The zero-order chi connectivity index (χ0) is 20.0. The topological polar surface area (TPSA) is 104 Å². The van der Waals surface area contributed by atoms with Crippen molar-refractivity contribution >= 4 is 32.7 Å². The second kappa shape index (κ2) is 8.96. The molecule has 0 saturated heterocycles. The van der Waals surface area contributed by atoms with Gasteiger partial charge in [-0.25, -0.2) is 13.1 Å². The van der Waals surface area contributed by atoms with Gasteiger partial charge in [-0.1, -0.05) is 30.3 Å². The summed E-state index contributed by atoms with van der Waals surface area (Å²) in [7, 11) is -3.73. The number of benzene rings is 2. The van der Waals surface area contributed by atoms with Crippen molar-refractivity contribution in [1.82, 2.24) is 9.62 Å². The number of carboxylic acids is 1. The number of carbonyl (C=O) groups excluding carboxylic acids is 1. The number of aliphatic carboxylic acids is 1. The Kier molecular flexibility index (Phi) is 6.92. The minimum atomic E-state index is -3.73. The van der Waals surface area contributed by atoms with E-state index in [0.29, 0.717) is 0 Å². The summed E-state index contributed by atoms with van der Waals surface area (Å²) in [5.41, 5.74) is 0. The second-order valence-electron chi connectivity index (χ2n) is 6.48. The molecule has 2 N–H and O–H groups in total. The molecule has 27 heavy (non-hydrogen) atoms. The van der Waals surface area contributed by atoms with Gasteiger partial charge in [-0.3, -0.25) is 9.59 Å². The van der Waals surface area contributed by atoms with Crippen LogP contribution in [0.1, 0.15) is 26.7 Å². The Morgan fingerprint density at radius 3 is 2.37 bits per heavy atom. The summed E-state index contributed by atoms with van der Waals surface area (Å²) in [4.78, 5) is 24.6. The van der Waals surface area contributed by atoms with E-state index in [4.69, 9.17) is 5.11 Å². The number of fused-ring (bicyclic) bond motifs is 1. The average molecular weight is 392 g/mol. The highest BCUT2D eigenvalue weighted by atomic mass is 32.2. The van der Waals surface area contributed by atoms with Crippen LogP contribution in [0.15, 0.2) is 47.4 Å². The number of hydrogen-bond acceptors (Lipinski definition) is 4. The lowest BCUT2D eigenvalue weighted by atomic mass is 10.1. The second-order valence-corrected chi connectivity index (χ2v) is 8.25. The van der Waals surface area contributed by atoms with Crippen molar-refractivity contribution in [2.24, 2.45) is 0 Å². The first-order valence-corrected chi connectivity index (χ1v) is 10.2. The fraction of sp³-hybridized carbons (Fsp3) is 0.368. The summed E-state index contributed by atoms with van der Waals surface area (Å²) in [6.07, 6.45) is -0.183. The number of amides is 1. The standard InChI is InChI=1S/C19H24N2O5S/c1-14(2)21(12-10-19(23)24)18(22)9-11-20-27(25,26)17-8-7-15-5-3-4-6-16(15)13-17/h3-8,13-14,20H,9-12H2,1-2H3,(H,23,24). The van der Waals surface area contributed by atoms with Gasteiger partial charge in [0.15, 0.2) is 0 Å². The minimum Gasteiger partial charge on any atom is -0.481 e. The third-order valence-corrected chi connectivity index (χ3v) is 5.63. The maximum atomic E-state index is 12.5. The lowest BCUT2D eigenvalue weighted by Gasteiger charge is -2.26. The van der Waals surface area contributed by atoms with Gasteiger partial charge < -0.3 is 10.0 Å². The van der Waals surface area contributed by atoms with Crippen LogP contribution in [-0.4, -0.2) is 49.4 Å². The number of rotatable bonds is 9. The molecule has 0 heterocycles. The first kappa shape index (κ1) is 20.9. The summed E-state index contributed by atoms with van der Waals surface area (Å²) in [6.45, 7) is 3.63. The fourth-order valence-electron chi connectivity index (χ4n) is 2.74. The van der Waals surface area contributed by atoms with Crippen LogP contribution < -0.4 is 4.72 Å². The Morgan fingerprint density at radius 1 is 1.07 bits per heavy atom. The smallest absolute Gasteiger partial charge is 0.305 e. The van der Waals surface area contributed by atoms with E-state index in [9.17, 15) is 18.0 Å². The summed E-state index contributed by atoms with van der Waals surface area (Å²) in [5.74, 6) is -1.27. The molecular weight excluding hydrogens is 368 g/mol. The van der Waals surface area contributed by atoms with E-state index in [1.54, 1.807) is 26.0 Å². The molecule has 2 rings (SSSR count). The van der Waals surface area contributed by atoms with E-state index in [2.05, 4.69) is 4.72 Å². The van der Waals surface area contributed by atoms with Gasteiger partial charge in [0.25, 0.3) is 0 Å². The zero-order valence-electron chi connectivity index (χ0n) is 15.4. The van der Waals surface area contributed by atoms with Gasteiger partial charge in [0, 0.05) is 25.6 Å². The molecule has 0 saturated carbocycles. The van der Waals surface area contributed by atoms with E-state index < -0.39 is 16.0 Å². The maximum Gasteiger partial charge on any atom is 0.305 e. The molecular formula is C19H24N2O5S. The molecule has 0 aromatic heterocycles. The maximum absolute atomic E-state index is 12.5. The summed E-state index contributed by atoms with van der Waals surface area (Å²) < 4.78 is 27.4. The van der Waals surface area contributed by atoms with Gasteiger partial charge in [-0.15, -0.1) is 0 Å².